The monoisotopic (exact) mass is 406 g/mol. The standard InChI is InChI=1S/C19H18S5/c1-21-15-9-8-13(23-15)12-6-7-14(22-12)18-16-10-2-4-11(5-3-10)17(16)19(20)24-18/h6-11,20H,2-5H2,1H3. The van der Waals surface area contributed by atoms with E-state index in [2.05, 4.69) is 30.5 Å². The molecule has 3 aromatic rings. The van der Waals surface area contributed by atoms with Crippen molar-refractivity contribution in [2.45, 2.75) is 45.9 Å². The van der Waals surface area contributed by atoms with E-state index in [-0.39, 0.29) is 0 Å². The third-order valence-corrected chi connectivity index (χ3v) is 10.5. The molecule has 0 radical (unpaired) electrons. The van der Waals surface area contributed by atoms with Gasteiger partial charge in [-0.1, -0.05) is 0 Å². The van der Waals surface area contributed by atoms with Gasteiger partial charge in [0, 0.05) is 19.5 Å². The van der Waals surface area contributed by atoms with Gasteiger partial charge in [0.2, 0.25) is 0 Å². The molecule has 24 heavy (non-hydrogen) atoms. The van der Waals surface area contributed by atoms with Crippen LogP contribution in [0.1, 0.15) is 48.6 Å². The van der Waals surface area contributed by atoms with Crippen LogP contribution in [0, 0.1) is 0 Å². The van der Waals surface area contributed by atoms with Crippen molar-refractivity contribution in [2.75, 3.05) is 6.26 Å². The second-order valence-electron chi connectivity index (χ2n) is 6.60. The van der Waals surface area contributed by atoms with Crippen LogP contribution in [0.5, 0.6) is 0 Å². The maximum atomic E-state index is 4.86. The molecule has 2 bridgehead atoms. The normalized spacial score (nSPS) is 22.1. The summed E-state index contributed by atoms with van der Waals surface area (Å²) in [7, 11) is 0. The number of thiol groups is 1. The highest BCUT2D eigenvalue weighted by molar-refractivity contribution is 8.00. The Morgan fingerprint density at radius 3 is 2.17 bits per heavy atom. The summed E-state index contributed by atoms with van der Waals surface area (Å²) in [6, 6.07) is 9.14. The molecule has 124 valence electrons. The van der Waals surface area contributed by atoms with Crippen LogP contribution in [0.3, 0.4) is 0 Å². The van der Waals surface area contributed by atoms with Crippen molar-refractivity contribution in [3.8, 4) is 19.5 Å². The quantitative estimate of drug-likeness (QED) is 0.340. The maximum Gasteiger partial charge on any atom is 0.0612 e. The zero-order chi connectivity index (χ0) is 16.3. The molecule has 5 heteroatoms. The predicted molar refractivity (Wildman–Crippen MR) is 114 cm³/mol. The number of thiophene rings is 3. The lowest BCUT2D eigenvalue weighted by Crippen LogP contribution is -2.20. The minimum Gasteiger partial charge on any atom is -0.134 e. The molecule has 0 atom stereocenters. The average Bonchev–Trinajstić information content (AvgIpc) is 3.34. The smallest absolute Gasteiger partial charge is 0.0612 e. The minimum atomic E-state index is 0.781. The molecule has 3 heterocycles. The molecule has 3 aliphatic carbocycles. The van der Waals surface area contributed by atoms with E-state index in [9.17, 15) is 0 Å². The van der Waals surface area contributed by atoms with Crippen LogP contribution in [-0.4, -0.2) is 6.26 Å². The maximum absolute atomic E-state index is 4.86. The molecule has 0 nitrogen and oxygen atoms in total. The molecular weight excluding hydrogens is 389 g/mol. The summed E-state index contributed by atoms with van der Waals surface area (Å²) in [5.41, 5.74) is 3.27. The second-order valence-corrected chi connectivity index (χ2v) is 11.6. The van der Waals surface area contributed by atoms with Crippen molar-refractivity contribution in [1.82, 2.24) is 0 Å². The Morgan fingerprint density at radius 1 is 0.833 bits per heavy atom. The highest BCUT2D eigenvalue weighted by Crippen LogP contribution is 2.58. The summed E-state index contributed by atoms with van der Waals surface area (Å²) in [5.74, 6) is 1.57. The highest BCUT2D eigenvalue weighted by atomic mass is 32.2. The van der Waals surface area contributed by atoms with Crippen LogP contribution in [-0.2, 0) is 0 Å². The Kier molecular flexibility index (Phi) is 4.14. The predicted octanol–water partition coefficient (Wildman–Crippen LogP) is 7.97. The van der Waals surface area contributed by atoms with E-state index in [0.717, 1.165) is 11.8 Å². The molecule has 3 aromatic heterocycles. The van der Waals surface area contributed by atoms with Crippen LogP contribution >= 0.6 is 58.4 Å². The molecule has 0 N–H and O–H groups in total. The molecule has 0 spiro atoms. The molecule has 6 rings (SSSR count). The van der Waals surface area contributed by atoms with Crippen molar-refractivity contribution in [3.63, 3.8) is 0 Å². The third-order valence-electron chi connectivity index (χ3n) is 5.36. The number of thioether (sulfide) groups is 1. The van der Waals surface area contributed by atoms with Crippen LogP contribution < -0.4 is 0 Å². The van der Waals surface area contributed by atoms with Gasteiger partial charge in [0.15, 0.2) is 0 Å². The summed E-state index contributed by atoms with van der Waals surface area (Å²) in [6.45, 7) is 0. The molecule has 0 aromatic carbocycles. The lowest BCUT2D eigenvalue weighted by molar-refractivity contribution is 0.358. The van der Waals surface area contributed by atoms with Crippen molar-refractivity contribution in [2.24, 2.45) is 0 Å². The summed E-state index contributed by atoms with van der Waals surface area (Å²) < 4.78 is 2.67. The Balaban J connectivity index is 1.58. The van der Waals surface area contributed by atoms with Gasteiger partial charge in [-0.2, -0.15) is 0 Å². The first-order valence-electron chi connectivity index (χ1n) is 8.34. The number of fused-ring (bicyclic) bond motifs is 2. The Hall–Kier alpha value is -0.200. The third kappa shape index (κ3) is 2.47. The first-order valence-corrected chi connectivity index (χ1v) is 12.5. The summed E-state index contributed by atoms with van der Waals surface area (Å²) in [4.78, 5) is 5.76. The Morgan fingerprint density at radius 2 is 1.46 bits per heavy atom. The number of rotatable bonds is 3. The van der Waals surface area contributed by atoms with Gasteiger partial charge < -0.3 is 0 Å². The van der Waals surface area contributed by atoms with Gasteiger partial charge in [-0.3, -0.25) is 0 Å². The van der Waals surface area contributed by atoms with E-state index >= 15 is 0 Å². The molecule has 1 fully saturated rings. The van der Waals surface area contributed by atoms with Gasteiger partial charge in [-0.25, -0.2) is 0 Å². The number of hydrogen-bond acceptors (Lipinski definition) is 5. The fourth-order valence-corrected chi connectivity index (χ4v) is 8.81. The van der Waals surface area contributed by atoms with Crippen LogP contribution in [0.15, 0.2) is 32.7 Å². The zero-order valence-electron chi connectivity index (χ0n) is 13.4. The van der Waals surface area contributed by atoms with E-state index in [1.807, 2.05) is 45.8 Å². The van der Waals surface area contributed by atoms with Gasteiger partial charge in [0.1, 0.15) is 0 Å². The Bertz CT molecular complexity index is 889. The largest absolute Gasteiger partial charge is 0.134 e. The first kappa shape index (κ1) is 16.0. The van der Waals surface area contributed by atoms with Crippen LogP contribution in [0.4, 0.5) is 0 Å². The van der Waals surface area contributed by atoms with Crippen molar-refractivity contribution in [1.29, 1.82) is 0 Å². The highest BCUT2D eigenvalue weighted by Gasteiger charge is 2.38. The Labute approximate surface area is 164 Å². The zero-order valence-corrected chi connectivity index (χ0v) is 17.5. The van der Waals surface area contributed by atoms with Crippen molar-refractivity contribution < 1.29 is 0 Å². The van der Waals surface area contributed by atoms with E-state index < -0.39 is 0 Å². The van der Waals surface area contributed by atoms with Gasteiger partial charge in [0.25, 0.3) is 0 Å². The number of hydrogen-bond donors (Lipinski definition) is 1. The molecular formula is C19H18S5. The molecule has 0 saturated heterocycles. The minimum absolute atomic E-state index is 0.781. The van der Waals surface area contributed by atoms with Crippen LogP contribution in [0.2, 0.25) is 0 Å². The van der Waals surface area contributed by atoms with E-state index in [0.29, 0.717) is 0 Å². The lowest BCUT2D eigenvalue weighted by Gasteiger charge is -2.37. The fraction of sp³-hybridized carbons (Fsp3) is 0.368. The molecule has 0 aliphatic heterocycles. The van der Waals surface area contributed by atoms with Gasteiger partial charge in [0.05, 0.1) is 8.42 Å². The first-order chi connectivity index (χ1) is 11.7. The van der Waals surface area contributed by atoms with Crippen LogP contribution in [0.25, 0.3) is 19.5 Å². The summed E-state index contributed by atoms with van der Waals surface area (Å²) in [6.07, 6.45) is 7.67. The van der Waals surface area contributed by atoms with E-state index in [4.69, 9.17) is 12.6 Å². The van der Waals surface area contributed by atoms with Crippen molar-refractivity contribution in [3.05, 3.63) is 35.4 Å². The molecule has 3 aliphatic rings. The van der Waals surface area contributed by atoms with E-state index in [1.54, 1.807) is 11.1 Å². The summed E-state index contributed by atoms with van der Waals surface area (Å²) in [5, 5.41) is 0. The molecule has 1 saturated carbocycles. The lowest BCUT2D eigenvalue weighted by atomic mass is 9.68. The second kappa shape index (κ2) is 6.20. The molecule has 0 unspecified atom stereocenters. The van der Waals surface area contributed by atoms with E-state index in [1.165, 1.54) is 53.6 Å². The van der Waals surface area contributed by atoms with Gasteiger partial charge in [-0.05, 0) is 79.2 Å². The SMILES string of the molecule is CSc1ccc(-c2ccc(-c3sc(S)c4c3C3CCC4CC3)s2)s1. The average molecular weight is 407 g/mol. The topological polar surface area (TPSA) is 0 Å². The molecule has 0 amide bonds. The fourth-order valence-electron chi connectivity index (χ4n) is 4.25. The summed E-state index contributed by atoms with van der Waals surface area (Å²) >= 11 is 12.5. The van der Waals surface area contributed by atoms with Crippen molar-refractivity contribution >= 4 is 58.4 Å². The van der Waals surface area contributed by atoms with Gasteiger partial charge >= 0.3 is 0 Å². The van der Waals surface area contributed by atoms with Gasteiger partial charge in [-0.15, -0.1) is 58.4 Å².